The van der Waals surface area contributed by atoms with Crippen molar-refractivity contribution in [1.29, 1.82) is 0 Å². The van der Waals surface area contributed by atoms with Gasteiger partial charge < -0.3 is 15.5 Å². The van der Waals surface area contributed by atoms with Gasteiger partial charge in [-0.1, -0.05) is 6.42 Å². The summed E-state index contributed by atoms with van der Waals surface area (Å²) in [6.07, 6.45) is 7.71. The van der Waals surface area contributed by atoms with Gasteiger partial charge in [0.05, 0.1) is 12.0 Å². The number of nitrogens with one attached hydrogen (secondary N) is 1. The van der Waals surface area contributed by atoms with Gasteiger partial charge in [0.15, 0.2) is 0 Å². The molecule has 2 aliphatic rings. The van der Waals surface area contributed by atoms with E-state index < -0.39 is 5.97 Å². The van der Waals surface area contributed by atoms with E-state index in [0.717, 1.165) is 51.5 Å². The summed E-state index contributed by atoms with van der Waals surface area (Å²) >= 11 is 0. The lowest BCUT2D eigenvalue weighted by Gasteiger charge is -2.31. The van der Waals surface area contributed by atoms with E-state index in [4.69, 9.17) is 5.11 Å². The van der Waals surface area contributed by atoms with Crippen molar-refractivity contribution in [3.8, 4) is 0 Å². The van der Waals surface area contributed by atoms with E-state index in [-0.39, 0.29) is 12.0 Å². The lowest BCUT2D eigenvalue weighted by Crippen LogP contribution is -2.39. The number of hydrogen-bond donors (Lipinski definition) is 3. The molecule has 18 heavy (non-hydrogen) atoms. The molecule has 0 aromatic carbocycles. The van der Waals surface area contributed by atoms with Crippen molar-refractivity contribution in [2.24, 2.45) is 11.8 Å². The number of aliphatic hydroxyl groups is 1. The van der Waals surface area contributed by atoms with E-state index in [2.05, 4.69) is 5.32 Å². The Kier molecular flexibility index (Phi) is 5.01. The van der Waals surface area contributed by atoms with Gasteiger partial charge in [0, 0.05) is 6.04 Å². The number of carbonyl (C=O) groups is 1. The third-order valence-electron chi connectivity index (χ3n) is 4.53. The van der Waals surface area contributed by atoms with Gasteiger partial charge in [0.2, 0.25) is 0 Å². The Hall–Kier alpha value is -0.610. The van der Waals surface area contributed by atoms with E-state index in [1.54, 1.807) is 0 Å². The van der Waals surface area contributed by atoms with E-state index >= 15 is 0 Å². The van der Waals surface area contributed by atoms with Crippen LogP contribution < -0.4 is 5.32 Å². The van der Waals surface area contributed by atoms with Gasteiger partial charge in [-0.3, -0.25) is 4.79 Å². The van der Waals surface area contributed by atoms with Gasteiger partial charge in [0.1, 0.15) is 0 Å². The van der Waals surface area contributed by atoms with Crippen molar-refractivity contribution < 1.29 is 15.0 Å². The van der Waals surface area contributed by atoms with E-state index in [1.165, 1.54) is 6.42 Å². The minimum Gasteiger partial charge on any atom is -0.481 e. The molecule has 4 heteroatoms. The van der Waals surface area contributed by atoms with Crippen LogP contribution in [-0.4, -0.2) is 34.9 Å². The third-order valence-corrected chi connectivity index (χ3v) is 4.53. The number of aliphatic carboxylic acids is 1. The van der Waals surface area contributed by atoms with Crippen molar-refractivity contribution in [1.82, 2.24) is 5.32 Å². The molecule has 104 valence electrons. The summed E-state index contributed by atoms with van der Waals surface area (Å²) in [5.41, 5.74) is 0. The zero-order valence-electron chi connectivity index (χ0n) is 11.0. The van der Waals surface area contributed by atoms with Crippen molar-refractivity contribution >= 4 is 5.97 Å². The van der Waals surface area contributed by atoms with Crippen LogP contribution in [0.25, 0.3) is 0 Å². The Labute approximate surface area is 109 Å². The molecule has 2 rings (SSSR count). The lowest BCUT2D eigenvalue weighted by molar-refractivity contribution is -0.142. The van der Waals surface area contributed by atoms with Crippen LogP contribution in [0.2, 0.25) is 0 Å². The summed E-state index contributed by atoms with van der Waals surface area (Å²) < 4.78 is 0. The zero-order chi connectivity index (χ0) is 13.0. The quantitative estimate of drug-likeness (QED) is 0.716. The molecule has 0 aliphatic heterocycles. The Morgan fingerprint density at radius 3 is 2.44 bits per heavy atom. The van der Waals surface area contributed by atoms with E-state index in [0.29, 0.717) is 12.0 Å². The largest absolute Gasteiger partial charge is 0.481 e. The number of hydrogen-bond acceptors (Lipinski definition) is 3. The van der Waals surface area contributed by atoms with Crippen molar-refractivity contribution in [2.45, 2.75) is 63.5 Å². The molecule has 0 amide bonds. The summed E-state index contributed by atoms with van der Waals surface area (Å²) in [6, 6.07) is 0.486. The third kappa shape index (κ3) is 3.95. The predicted octanol–water partition coefficient (Wildman–Crippen LogP) is 1.77. The number of carboxylic acid groups (broad SMARTS) is 1. The first kappa shape index (κ1) is 13.8. The van der Waals surface area contributed by atoms with Crippen LogP contribution in [0.5, 0.6) is 0 Å². The first-order valence-corrected chi connectivity index (χ1v) is 7.29. The molecule has 0 spiro atoms. The Morgan fingerprint density at radius 2 is 1.83 bits per heavy atom. The van der Waals surface area contributed by atoms with Gasteiger partial charge in [-0.05, 0) is 57.4 Å². The highest BCUT2D eigenvalue weighted by Crippen LogP contribution is 2.26. The maximum atomic E-state index is 10.9. The highest BCUT2D eigenvalue weighted by molar-refractivity contribution is 5.70. The minimum absolute atomic E-state index is 0.103. The molecular formula is C14H25NO3. The second kappa shape index (κ2) is 6.53. The number of aliphatic hydroxyl groups excluding tert-OH is 1. The van der Waals surface area contributed by atoms with Crippen LogP contribution in [0.15, 0.2) is 0 Å². The Balaban J connectivity index is 1.64. The van der Waals surface area contributed by atoms with Gasteiger partial charge in [-0.15, -0.1) is 0 Å². The molecule has 0 aromatic rings. The summed E-state index contributed by atoms with van der Waals surface area (Å²) in [5, 5.41) is 22.1. The normalized spacial score (nSPS) is 37.4. The van der Waals surface area contributed by atoms with Crippen LogP contribution in [0, 0.1) is 11.8 Å². The molecule has 0 aromatic heterocycles. The van der Waals surface area contributed by atoms with Crippen LogP contribution in [0.1, 0.15) is 51.4 Å². The highest BCUT2D eigenvalue weighted by atomic mass is 16.4. The number of carboxylic acids is 1. The van der Waals surface area contributed by atoms with Crippen molar-refractivity contribution in [2.75, 3.05) is 6.54 Å². The molecule has 0 heterocycles. The molecule has 2 unspecified atom stereocenters. The summed E-state index contributed by atoms with van der Waals surface area (Å²) in [5.74, 6) is -0.158. The topological polar surface area (TPSA) is 69.6 Å². The molecule has 2 saturated carbocycles. The molecule has 2 atom stereocenters. The maximum Gasteiger partial charge on any atom is 0.306 e. The molecule has 4 nitrogen and oxygen atoms in total. The fourth-order valence-corrected chi connectivity index (χ4v) is 3.33. The smallest absolute Gasteiger partial charge is 0.306 e. The van der Waals surface area contributed by atoms with Gasteiger partial charge in [0.25, 0.3) is 0 Å². The van der Waals surface area contributed by atoms with Gasteiger partial charge >= 0.3 is 5.97 Å². The molecule has 0 saturated heterocycles. The van der Waals surface area contributed by atoms with E-state index in [9.17, 15) is 9.90 Å². The lowest BCUT2D eigenvalue weighted by atomic mass is 9.84. The number of rotatable bonds is 4. The van der Waals surface area contributed by atoms with Crippen molar-refractivity contribution in [3.63, 3.8) is 0 Å². The summed E-state index contributed by atoms with van der Waals surface area (Å²) in [4.78, 5) is 10.9. The molecule has 0 radical (unpaired) electrons. The van der Waals surface area contributed by atoms with Crippen LogP contribution in [0.4, 0.5) is 0 Å². The average molecular weight is 255 g/mol. The van der Waals surface area contributed by atoms with Gasteiger partial charge in [-0.25, -0.2) is 0 Å². The SMILES string of the molecule is O=C(O)C1CCC(NCC2CCCC(O)C2)CC1. The molecular weight excluding hydrogens is 230 g/mol. The standard InChI is InChI=1S/C14H25NO3/c16-13-3-1-2-10(8-13)9-15-12-6-4-11(5-7-12)14(17)18/h10-13,15-16H,1-9H2,(H,17,18). The Bertz CT molecular complexity index is 274. The minimum atomic E-state index is -0.635. The summed E-state index contributed by atoms with van der Waals surface area (Å²) in [6.45, 7) is 0.986. The maximum absolute atomic E-state index is 10.9. The van der Waals surface area contributed by atoms with Gasteiger partial charge in [-0.2, -0.15) is 0 Å². The van der Waals surface area contributed by atoms with Crippen LogP contribution >= 0.6 is 0 Å². The molecule has 2 aliphatic carbocycles. The first-order chi connectivity index (χ1) is 8.65. The fourth-order valence-electron chi connectivity index (χ4n) is 3.33. The second-order valence-corrected chi connectivity index (χ2v) is 5.98. The molecule has 0 bridgehead atoms. The second-order valence-electron chi connectivity index (χ2n) is 5.98. The molecule has 3 N–H and O–H groups in total. The van der Waals surface area contributed by atoms with Crippen molar-refractivity contribution in [3.05, 3.63) is 0 Å². The fraction of sp³-hybridized carbons (Fsp3) is 0.929. The molecule has 2 fully saturated rings. The van der Waals surface area contributed by atoms with Crippen LogP contribution in [-0.2, 0) is 4.79 Å². The summed E-state index contributed by atoms with van der Waals surface area (Å²) in [7, 11) is 0. The monoisotopic (exact) mass is 255 g/mol. The predicted molar refractivity (Wildman–Crippen MR) is 69.3 cm³/mol. The highest BCUT2D eigenvalue weighted by Gasteiger charge is 2.26. The zero-order valence-corrected chi connectivity index (χ0v) is 11.0. The van der Waals surface area contributed by atoms with E-state index in [1.807, 2.05) is 0 Å². The Morgan fingerprint density at radius 1 is 1.11 bits per heavy atom. The average Bonchev–Trinajstić information content (AvgIpc) is 2.37. The van der Waals surface area contributed by atoms with Crippen LogP contribution in [0.3, 0.4) is 0 Å². The first-order valence-electron chi connectivity index (χ1n) is 7.29.